The first-order chi connectivity index (χ1) is 8.56. The molecular weight excluding hydrogens is 234 g/mol. The number of carboxylic acids is 1. The van der Waals surface area contributed by atoms with Gasteiger partial charge in [0.2, 0.25) is 0 Å². The van der Waals surface area contributed by atoms with Crippen LogP contribution in [0.4, 0.5) is 0 Å². The third kappa shape index (κ3) is 3.52. The lowest BCUT2D eigenvalue weighted by atomic mass is 10.2. The summed E-state index contributed by atoms with van der Waals surface area (Å²) in [5, 5.41) is 11.4. The van der Waals surface area contributed by atoms with Crippen molar-refractivity contribution in [2.75, 3.05) is 6.54 Å². The quantitative estimate of drug-likeness (QED) is 0.758. The summed E-state index contributed by atoms with van der Waals surface area (Å²) in [5.74, 6) is 0.907. The summed E-state index contributed by atoms with van der Waals surface area (Å²) >= 11 is 0. The minimum absolute atomic E-state index is 0.00843. The topological polar surface area (TPSA) is 75.6 Å². The maximum atomic E-state index is 11.5. The highest BCUT2D eigenvalue weighted by Gasteiger charge is 2.17. The van der Waals surface area contributed by atoms with Gasteiger partial charge in [-0.25, -0.2) is 4.79 Å². The summed E-state index contributed by atoms with van der Waals surface area (Å²) in [7, 11) is 0. The van der Waals surface area contributed by atoms with Crippen molar-refractivity contribution in [1.82, 2.24) is 5.32 Å². The first kappa shape index (κ1) is 13.6. The van der Waals surface area contributed by atoms with Crippen LogP contribution >= 0.6 is 0 Å². The Labute approximate surface area is 105 Å². The van der Waals surface area contributed by atoms with Gasteiger partial charge in [0.1, 0.15) is 11.3 Å². The summed E-state index contributed by atoms with van der Waals surface area (Å²) in [6.07, 6.45) is 4.19. The van der Waals surface area contributed by atoms with Gasteiger partial charge < -0.3 is 15.2 Å². The molecule has 1 rings (SSSR count). The molecule has 0 heterocycles. The molecule has 0 aliphatic heterocycles. The zero-order valence-electron chi connectivity index (χ0n) is 9.84. The predicted molar refractivity (Wildman–Crippen MR) is 65.3 cm³/mol. The van der Waals surface area contributed by atoms with Gasteiger partial charge in [-0.05, 0) is 19.1 Å². The fraction of sp³-hybridized carbons (Fsp3) is 0.231. The molecule has 0 radical (unpaired) electrons. The van der Waals surface area contributed by atoms with Gasteiger partial charge in [-0.15, -0.1) is 6.42 Å². The summed E-state index contributed by atoms with van der Waals surface area (Å²) in [5.41, 5.74) is 0.00843. The van der Waals surface area contributed by atoms with E-state index in [9.17, 15) is 9.59 Å². The fourth-order valence-electron chi connectivity index (χ4n) is 1.27. The molecule has 1 aromatic carbocycles. The number of aromatic carboxylic acids is 1. The zero-order valence-corrected chi connectivity index (χ0v) is 9.84. The van der Waals surface area contributed by atoms with Gasteiger partial charge in [-0.2, -0.15) is 0 Å². The lowest BCUT2D eigenvalue weighted by Gasteiger charge is -2.15. The molecule has 0 fully saturated rings. The third-order valence-corrected chi connectivity index (χ3v) is 2.16. The highest BCUT2D eigenvalue weighted by molar-refractivity contribution is 5.91. The molecule has 0 bridgehead atoms. The Bertz CT molecular complexity index is 490. The second kappa shape index (κ2) is 6.30. The van der Waals surface area contributed by atoms with Crippen LogP contribution in [-0.4, -0.2) is 29.6 Å². The minimum Gasteiger partial charge on any atom is -0.480 e. The van der Waals surface area contributed by atoms with Gasteiger partial charge in [-0.3, -0.25) is 4.79 Å². The lowest BCUT2D eigenvalue weighted by molar-refractivity contribution is -0.127. The van der Waals surface area contributed by atoms with E-state index >= 15 is 0 Å². The number of amides is 1. The van der Waals surface area contributed by atoms with Crippen molar-refractivity contribution in [3.8, 4) is 18.1 Å². The van der Waals surface area contributed by atoms with Crippen molar-refractivity contribution in [3.63, 3.8) is 0 Å². The summed E-state index contributed by atoms with van der Waals surface area (Å²) in [6.45, 7) is 1.62. The van der Waals surface area contributed by atoms with E-state index < -0.39 is 18.0 Å². The predicted octanol–water partition coefficient (Wildman–Crippen LogP) is 0.901. The fourth-order valence-corrected chi connectivity index (χ4v) is 1.27. The van der Waals surface area contributed by atoms with Crippen molar-refractivity contribution in [3.05, 3.63) is 29.8 Å². The van der Waals surface area contributed by atoms with Crippen molar-refractivity contribution >= 4 is 11.9 Å². The molecule has 0 aliphatic carbocycles. The van der Waals surface area contributed by atoms with Crippen molar-refractivity contribution in [1.29, 1.82) is 0 Å². The van der Waals surface area contributed by atoms with Crippen LogP contribution in [-0.2, 0) is 4.79 Å². The van der Waals surface area contributed by atoms with E-state index in [1.807, 2.05) is 0 Å². The number of benzene rings is 1. The molecule has 0 aromatic heterocycles. The van der Waals surface area contributed by atoms with Gasteiger partial charge in [0, 0.05) is 0 Å². The molecule has 0 aliphatic rings. The Morgan fingerprint density at radius 2 is 2.17 bits per heavy atom. The molecule has 18 heavy (non-hydrogen) atoms. The molecule has 1 aromatic rings. The summed E-state index contributed by atoms with van der Waals surface area (Å²) < 4.78 is 5.30. The Hall–Kier alpha value is -2.48. The number of rotatable bonds is 5. The number of carboxylic acid groups (broad SMARTS) is 1. The maximum absolute atomic E-state index is 11.5. The number of para-hydroxylation sites is 1. The summed E-state index contributed by atoms with van der Waals surface area (Å²) in [4.78, 5) is 22.4. The summed E-state index contributed by atoms with van der Waals surface area (Å²) in [6, 6.07) is 6.12. The maximum Gasteiger partial charge on any atom is 0.339 e. The minimum atomic E-state index is -1.11. The normalized spacial score (nSPS) is 11.1. The van der Waals surface area contributed by atoms with Gasteiger partial charge in [0.05, 0.1) is 6.54 Å². The van der Waals surface area contributed by atoms with Crippen LogP contribution in [0.5, 0.6) is 5.75 Å². The van der Waals surface area contributed by atoms with Crippen LogP contribution in [0.2, 0.25) is 0 Å². The van der Waals surface area contributed by atoms with E-state index in [0.717, 1.165) is 0 Å². The Morgan fingerprint density at radius 1 is 1.50 bits per heavy atom. The number of carbonyl (C=O) groups excluding carboxylic acids is 1. The molecule has 94 valence electrons. The molecule has 0 saturated heterocycles. The molecule has 1 atom stereocenters. The molecule has 0 spiro atoms. The number of terminal acetylenes is 1. The second-order valence-electron chi connectivity index (χ2n) is 3.48. The smallest absolute Gasteiger partial charge is 0.339 e. The van der Waals surface area contributed by atoms with E-state index in [4.69, 9.17) is 16.3 Å². The SMILES string of the molecule is C#CCNC(=O)C(C)Oc1ccccc1C(=O)O. The van der Waals surface area contributed by atoms with Crippen molar-refractivity contribution in [2.45, 2.75) is 13.0 Å². The van der Waals surface area contributed by atoms with Crippen LogP contribution < -0.4 is 10.1 Å². The zero-order chi connectivity index (χ0) is 13.5. The van der Waals surface area contributed by atoms with Gasteiger partial charge >= 0.3 is 5.97 Å². The van der Waals surface area contributed by atoms with Crippen LogP contribution in [0, 0.1) is 12.3 Å². The number of ether oxygens (including phenoxy) is 1. The van der Waals surface area contributed by atoms with Crippen molar-refractivity contribution in [2.24, 2.45) is 0 Å². The molecule has 1 unspecified atom stereocenters. The van der Waals surface area contributed by atoms with Crippen molar-refractivity contribution < 1.29 is 19.4 Å². The van der Waals surface area contributed by atoms with Crippen LogP contribution in [0.15, 0.2) is 24.3 Å². The van der Waals surface area contributed by atoms with Gasteiger partial charge in [0.25, 0.3) is 5.91 Å². The largest absolute Gasteiger partial charge is 0.480 e. The Kier molecular flexibility index (Phi) is 4.76. The van der Waals surface area contributed by atoms with Gasteiger partial charge in [-0.1, -0.05) is 18.1 Å². The highest BCUT2D eigenvalue weighted by Crippen LogP contribution is 2.19. The van der Waals surface area contributed by atoms with Crippen LogP contribution in [0.25, 0.3) is 0 Å². The molecule has 5 nitrogen and oxygen atoms in total. The van der Waals surface area contributed by atoms with E-state index in [1.165, 1.54) is 19.1 Å². The van der Waals surface area contributed by atoms with E-state index in [-0.39, 0.29) is 17.9 Å². The average molecular weight is 247 g/mol. The monoisotopic (exact) mass is 247 g/mol. The van der Waals surface area contributed by atoms with E-state index in [2.05, 4.69) is 11.2 Å². The highest BCUT2D eigenvalue weighted by atomic mass is 16.5. The number of nitrogens with one attached hydrogen (secondary N) is 1. The number of hydrogen-bond acceptors (Lipinski definition) is 3. The molecule has 2 N–H and O–H groups in total. The first-order valence-electron chi connectivity index (χ1n) is 5.26. The van der Waals surface area contributed by atoms with Crippen LogP contribution in [0.3, 0.4) is 0 Å². The number of carbonyl (C=O) groups is 2. The Morgan fingerprint density at radius 3 is 2.78 bits per heavy atom. The van der Waals surface area contributed by atoms with E-state index in [0.29, 0.717) is 0 Å². The third-order valence-electron chi connectivity index (χ3n) is 2.16. The molecular formula is C13H13NO4. The molecule has 0 saturated carbocycles. The standard InChI is InChI=1S/C13H13NO4/c1-3-8-14-12(15)9(2)18-11-7-5-4-6-10(11)13(16)17/h1,4-7,9H,8H2,2H3,(H,14,15)(H,16,17). The van der Waals surface area contributed by atoms with Crippen LogP contribution in [0.1, 0.15) is 17.3 Å². The first-order valence-corrected chi connectivity index (χ1v) is 5.26. The average Bonchev–Trinajstić information content (AvgIpc) is 2.36. The van der Waals surface area contributed by atoms with E-state index in [1.54, 1.807) is 12.1 Å². The molecule has 5 heteroatoms. The van der Waals surface area contributed by atoms with Gasteiger partial charge in [0.15, 0.2) is 6.10 Å². The molecule has 1 amide bonds. The lowest BCUT2D eigenvalue weighted by Crippen LogP contribution is -2.36. The Balaban J connectivity index is 2.76. The second-order valence-corrected chi connectivity index (χ2v) is 3.48. The number of hydrogen-bond donors (Lipinski definition) is 2.